The smallest absolute Gasteiger partial charge is 0.144 e. The molecule has 0 bridgehead atoms. The molecular weight excluding hydrogens is 232 g/mol. The third kappa shape index (κ3) is 4.06. The van der Waals surface area contributed by atoms with Gasteiger partial charge in [0.15, 0.2) is 0 Å². The van der Waals surface area contributed by atoms with Crippen molar-refractivity contribution in [2.45, 2.75) is 38.1 Å². The molecule has 0 radical (unpaired) electrons. The minimum Gasteiger partial charge on any atom is -0.591 e. The van der Waals surface area contributed by atoms with Crippen LogP contribution in [0.5, 0.6) is 0 Å². The first-order valence-electron chi connectivity index (χ1n) is 4.97. The molecule has 0 aromatic carbocycles. The minimum absolute atomic E-state index is 0.223. The quantitative estimate of drug-likeness (QED) is 0.545. The number of halogens is 2. The van der Waals surface area contributed by atoms with Gasteiger partial charge >= 0.3 is 0 Å². The van der Waals surface area contributed by atoms with E-state index >= 15 is 0 Å². The predicted octanol–water partition coefficient (Wildman–Crippen LogP) is 3.04. The van der Waals surface area contributed by atoms with E-state index in [1.807, 2.05) is 0 Å². The standard InChI is InChI=1S/C11H15F2NOS/c1-11(2,3)16(15)14-7-8-4-9(12)6-10(13)5-8/h4-5,7,9H,6H2,1-3H3. The van der Waals surface area contributed by atoms with Crippen molar-refractivity contribution < 1.29 is 13.3 Å². The normalized spacial score (nSPS) is 24.2. The number of allylic oxidation sites excluding steroid dienone is 4. The predicted molar refractivity (Wildman–Crippen MR) is 63.2 cm³/mol. The molecule has 0 saturated carbocycles. The summed E-state index contributed by atoms with van der Waals surface area (Å²) in [5.74, 6) is -0.516. The Morgan fingerprint density at radius 3 is 2.69 bits per heavy atom. The summed E-state index contributed by atoms with van der Waals surface area (Å²) in [6, 6.07) is 0. The van der Waals surface area contributed by atoms with Crippen LogP contribution in [0.25, 0.3) is 0 Å². The second-order valence-electron chi connectivity index (χ2n) is 4.57. The van der Waals surface area contributed by atoms with Crippen LogP contribution in [0.1, 0.15) is 27.2 Å². The molecule has 1 aliphatic carbocycles. The number of rotatable bonds is 2. The summed E-state index contributed by atoms with van der Waals surface area (Å²) in [7, 11) is 0. The average Bonchev–Trinajstić information content (AvgIpc) is 2.11. The van der Waals surface area contributed by atoms with E-state index in [-0.39, 0.29) is 6.42 Å². The van der Waals surface area contributed by atoms with Crippen molar-refractivity contribution in [2.75, 3.05) is 0 Å². The second kappa shape index (κ2) is 5.10. The zero-order valence-corrected chi connectivity index (χ0v) is 10.4. The maximum Gasteiger partial charge on any atom is 0.144 e. The van der Waals surface area contributed by atoms with Gasteiger partial charge in [-0.1, -0.05) is 4.40 Å². The van der Waals surface area contributed by atoms with Crippen LogP contribution in [0.15, 0.2) is 27.9 Å². The molecule has 90 valence electrons. The lowest BCUT2D eigenvalue weighted by Crippen LogP contribution is -2.25. The van der Waals surface area contributed by atoms with Gasteiger partial charge in [-0.05, 0) is 38.5 Å². The molecule has 16 heavy (non-hydrogen) atoms. The minimum atomic E-state index is -1.41. The fourth-order valence-electron chi connectivity index (χ4n) is 1.09. The first-order valence-corrected chi connectivity index (χ1v) is 6.08. The highest BCUT2D eigenvalue weighted by molar-refractivity contribution is 7.91. The van der Waals surface area contributed by atoms with Crippen molar-refractivity contribution in [1.29, 1.82) is 0 Å². The van der Waals surface area contributed by atoms with Crippen LogP contribution in [0.2, 0.25) is 0 Å². The van der Waals surface area contributed by atoms with Crippen molar-refractivity contribution >= 4 is 17.6 Å². The summed E-state index contributed by atoms with van der Waals surface area (Å²) in [6.07, 6.45) is 2.19. The van der Waals surface area contributed by atoms with Crippen molar-refractivity contribution in [3.63, 3.8) is 0 Å². The second-order valence-corrected chi connectivity index (χ2v) is 6.51. The van der Waals surface area contributed by atoms with Crippen LogP contribution in [-0.4, -0.2) is 21.7 Å². The third-order valence-electron chi connectivity index (χ3n) is 1.91. The van der Waals surface area contributed by atoms with Crippen LogP contribution in [0.3, 0.4) is 0 Å². The lowest BCUT2D eigenvalue weighted by atomic mass is 10.1. The van der Waals surface area contributed by atoms with E-state index in [4.69, 9.17) is 0 Å². The van der Waals surface area contributed by atoms with Crippen LogP contribution >= 0.6 is 0 Å². The Balaban J connectivity index is 2.71. The fourth-order valence-corrected chi connectivity index (χ4v) is 1.62. The summed E-state index contributed by atoms with van der Waals surface area (Å²) in [5, 5.41) is 0. The summed E-state index contributed by atoms with van der Waals surface area (Å²) in [6.45, 7) is 5.35. The van der Waals surface area contributed by atoms with Crippen molar-refractivity contribution in [3.05, 3.63) is 23.6 Å². The van der Waals surface area contributed by atoms with E-state index in [2.05, 4.69) is 4.40 Å². The highest BCUT2D eigenvalue weighted by atomic mass is 32.2. The Hall–Kier alpha value is -0.680. The molecule has 0 amide bonds. The molecule has 0 spiro atoms. The van der Waals surface area contributed by atoms with E-state index in [0.717, 1.165) is 0 Å². The number of alkyl halides is 1. The molecule has 0 N–H and O–H groups in total. The summed E-state index contributed by atoms with van der Waals surface area (Å²) in [5.41, 5.74) is 0.328. The van der Waals surface area contributed by atoms with Gasteiger partial charge in [0.2, 0.25) is 0 Å². The lowest BCUT2D eigenvalue weighted by molar-refractivity contribution is 0.368. The lowest BCUT2D eigenvalue weighted by Gasteiger charge is -2.18. The van der Waals surface area contributed by atoms with Gasteiger partial charge in [0.1, 0.15) is 28.1 Å². The highest BCUT2D eigenvalue weighted by Gasteiger charge is 2.26. The topological polar surface area (TPSA) is 35.4 Å². The maximum atomic E-state index is 12.9. The van der Waals surface area contributed by atoms with Gasteiger partial charge in [0.05, 0.1) is 6.21 Å². The molecule has 0 fully saturated rings. The van der Waals surface area contributed by atoms with E-state index in [9.17, 15) is 13.3 Å². The Labute approximate surface area is 97.5 Å². The average molecular weight is 247 g/mol. The van der Waals surface area contributed by atoms with Crippen molar-refractivity contribution in [1.82, 2.24) is 0 Å². The van der Waals surface area contributed by atoms with Gasteiger partial charge in [-0.25, -0.2) is 8.78 Å². The molecule has 0 heterocycles. The van der Waals surface area contributed by atoms with Gasteiger partial charge in [0.25, 0.3) is 0 Å². The Morgan fingerprint density at radius 2 is 2.19 bits per heavy atom. The molecule has 5 heteroatoms. The van der Waals surface area contributed by atoms with Gasteiger partial charge in [-0.15, -0.1) is 0 Å². The first-order chi connectivity index (χ1) is 7.29. The van der Waals surface area contributed by atoms with Gasteiger partial charge < -0.3 is 4.55 Å². The SMILES string of the molecule is CC(C)(C)[S+]([O-])N=CC1=CC(F)CC(F)=C1. The largest absolute Gasteiger partial charge is 0.591 e. The highest BCUT2D eigenvalue weighted by Crippen LogP contribution is 2.21. The third-order valence-corrected chi connectivity index (χ3v) is 3.25. The van der Waals surface area contributed by atoms with Crippen LogP contribution in [-0.2, 0) is 11.4 Å². The fraction of sp³-hybridized carbons (Fsp3) is 0.545. The Kier molecular flexibility index (Phi) is 4.27. The van der Waals surface area contributed by atoms with Crippen LogP contribution in [0, 0.1) is 0 Å². The van der Waals surface area contributed by atoms with Gasteiger partial charge in [-0.2, -0.15) is 0 Å². The molecule has 2 nitrogen and oxygen atoms in total. The van der Waals surface area contributed by atoms with E-state index in [1.165, 1.54) is 18.4 Å². The Bertz CT molecular complexity index is 344. The number of hydrogen-bond donors (Lipinski definition) is 0. The zero-order valence-electron chi connectivity index (χ0n) is 9.54. The van der Waals surface area contributed by atoms with Crippen LogP contribution in [0.4, 0.5) is 8.78 Å². The molecular formula is C11H15F2NOS. The van der Waals surface area contributed by atoms with Crippen LogP contribution < -0.4 is 0 Å². The molecule has 0 saturated heterocycles. The molecule has 2 unspecified atom stereocenters. The summed E-state index contributed by atoms with van der Waals surface area (Å²) in [4.78, 5) is 0. The molecule has 1 aliphatic rings. The summed E-state index contributed by atoms with van der Waals surface area (Å²) < 4.78 is 40.7. The van der Waals surface area contributed by atoms with E-state index in [0.29, 0.717) is 5.57 Å². The zero-order chi connectivity index (χ0) is 12.3. The van der Waals surface area contributed by atoms with Crippen molar-refractivity contribution in [3.8, 4) is 0 Å². The monoisotopic (exact) mass is 247 g/mol. The maximum absolute atomic E-state index is 12.9. The van der Waals surface area contributed by atoms with E-state index < -0.39 is 28.1 Å². The molecule has 0 aromatic heterocycles. The summed E-state index contributed by atoms with van der Waals surface area (Å²) >= 11 is -1.41. The molecule has 0 aliphatic heterocycles. The number of nitrogens with zero attached hydrogens (tertiary/aromatic N) is 1. The van der Waals surface area contributed by atoms with Gasteiger partial charge in [0, 0.05) is 6.42 Å². The molecule has 1 rings (SSSR count). The van der Waals surface area contributed by atoms with Gasteiger partial charge in [-0.3, -0.25) is 0 Å². The molecule has 0 aromatic rings. The van der Waals surface area contributed by atoms with Crippen molar-refractivity contribution in [2.24, 2.45) is 4.40 Å². The Morgan fingerprint density at radius 1 is 1.56 bits per heavy atom. The van der Waals surface area contributed by atoms with E-state index in [1.54, 1.807) is 20.8 Å². The first kappa shape index (κ1) is 13.4. The number of hydrogen-bond acceptors (Lipinski definition) is 2. The molecule has 2 atom stereocenters.